The van der Waals surface area contributed by atoms with Crippen LogP contribution in [0.4, 0.5) is 0 Å². The van der Waals surface area contributed by atoms with E-state index in [2.05, 4.69) is 72.8 Å². The first kappa shape index (κ1) is 13.3. The molecule has 0 fully saturated rings. The van der Waals surface area contributed by atoms with Gasteiger partial charge in [0.15, 0.2) is 0 Å². The van der Waals surface area contributed by atoms with Crippen LogP contribution in [-0.2, 0) is 0 Å². The number of hydrogen-bond acceptors (Lipinski definition) is 2. The van der Waals surface area contributed by atoms with Crippen molar-refractivity contribution in [3.63, 3.8) is 0 Å². The van der Waals surface area contributed by atoms with E-state index in [0.29, 0.717) is 11.8 Å². The van der Waals surface area contributed by atoms with Gasteiger partial charge in [0.25, 0.3) is 0 Å². The Labute approximate surface area is 134 Å². The van der Waals surface area contributed by atoms with Gasteiger partial charge in [-0.05, 0) is 30.7 Å². The molecule has 2 heteroatoms. The minimum atomic E-state index is 0.631. The number of thioether (sulfide) groups is 2. The van der Waals surface area contributed by atoms with E-state index in [0.717, 1.165) is 0 Å². The van der Waals surface area contributed by atoms with Gasteiger partial charge in [-0.15, -0.1) is 0 Å². The molecule has 0 heterocycles. The molecule has 0 N–H and O–H groups in total. The molecule has 0 aromatic heterocycles. The van der Waals surface area contributed by atoms with Crippen LogP contribution in [0.3, 0.4) is 0 Å². The highest BCUT2D eigenvalue weighted by atomic mass is 32.2. The monoisotopic (exact) mass is 308 g/mol. The Bertz CT molecular complexity index is 627. The summed E-state index contributed by atoms with van der Waals surface area (Å²) in [4.78, 5) is 5.81. The van der Waals surface area contributed by atoms with E-state index in [4.69, 9.17) is 0 Å². The zero-order chi connectivity index (χ0) is 14.1. The molecule has 2 aliphatic carbocycles. The molecule has 2 aromatic rings. The summed E-state index contributed by atoms with van der Waals surface area (Å²) in [7, 11) is 0. The maximum atomic E-state index is 2.39. The smallest absolute Gasteiger partial charge is 0.0119 e. The Hall–Kier alpha value is -1.38. The van der Waals surface area contributed by atoms with Gasteiger partial charge >= 0.3 is 0 Å². The molecule has 2 aliphatic rings. The zero-order valence-electron chi connectivity index (χ0n) is 11.6. The molecule has 0 unspecified atom stereocenters. The van der Waals surface area contributed by atoms with Crippen molar-refractivity contribution in [3.8, 4) is 0 Å². The fraction of sp³-hybridized carbons (Fsp3) is 0.158. The third-order valence-corrected chi connectivity index (χ3v) is 6.57. The molecule has 0 radical (unpaired) electrons. The van der Waals surface area contributed by atoms with Gasteiger partial charge in [-0.2, -0.15) is 0 Å². The highest BCUT2D eigenvalue weighted by molar-refractivity contribution is 8.06. The lowest BCUT2D eigenvalue weighted by atomic mass is 10.2. The molecule has 0 nitrogen and oxygen atoms in total. The third kappa shape index (κ3) is 2.70. The summed E-state index contributed by atoms with van der Waals surface area (Å²) < 4.78 is 0. The number of fused-ring (bicyclic) bond motifs is 2. The van der Waals surface area contributed by atoms with Crippen LogP contribution in [0.1, 0.15) is 6.42 Å². The molecule has 2 atom stereocenters. The van der Waals surface area contributed by atoms with Gasteiger partial charge in [0.05, 0.1) is 0 Å². The zero-order valence-corrected chi connectivity index (χ0v) is 13.2. The topological polar surface area (TPSA) is 0 Å². The standard InChI is InChI=1S/C19H16S2/c1-3-7-16(8-4-1)20-18-14-11-12-15(13-14)19(18)21-17-9-5-2-6-10-17/h1-12,14-15H,13H2/t14-,15+. The Balaban J connectivity index is 1.64. The van der Waals surface area contributed by atoms with Gasteiger partial charge in [-0.1, -0.05) is 72.1 Å². The number of rotatable bonds is 4. The lowest BCUT2D eigenvalue weighted by Gasteiger charge is -2.15. The molecule has 0 spiro atoms. The minimum Gasteiger partial charge on any atom is -0.0931 e. The minimum absolute atomic E-state index is 0.631. The van der Waals surface area contributed by atoms with Crippen LogP contribution >= 0.6 is 23.5 Å². The van der Waals surface area contributed by atoms with Crippen molar-refractivity contribution in [2.45, 2.75) is 16.2 Å². The molecule has 2 bridgehead atoms. The highest BCUT2D eigenvalue weighted by Gasteiger charge is 2.36. The van der Waals surface area contributed by atoms with Gasteiger partial charge in [0.2, 0.25) is 0 Å². The third-order valence-electron chi connectivity index (χ3n) is 3.94. The van der Waals surface area contributed by atoms with Gasteiger partial charge in [-0.25, -0.2) is 0 Å². The average Bonchev–Trinajstić information content (AvgIpc) is 3.13. The second-order valence-electron chi connectivity index (χ2n) is 5.39. The molecule has 21 heavy (non-hydrogen) atoms. The van der Waals surface area contributed by atoms with Gasteiger partial charge in [0, 0.05) is 31.4 Å². The van der Waals surface area contributed by atoms with Crippen LogP contribution < -0.4 is 0 Å². The van der Waals surface area contributed by atoms with E-state index in [1.165, 1.54) is 16.2 Å². The van der Waals surface area contributed by atoms with Crippen LogP contribution in [0.5, 0.6) is 0 Å². The Kier molecular flexibility index (Phi) is 3.66. The first-order valence-electron chi connectivity index (χ1n) is 7.28. The second-order valence-corrected chi connectivity index (χ2v) is 7.62. The number of allylic oxidation sites excluding steroid dienone is 4. The molecule has 0 saturated heterocycles. The van der Waals surface area contributed by atoms with Crippen LogP contribution in [0.2, 0.25) is 0 Å². The van der Waals surface area contributed by atoms with Crippen LogP contribution in [0.15, 0.2) is 92.4 Å². The fourth-order valence-corrected chi connectivity index (χ4v) is 5.44. The SMILES string of the molecule is C1=C[C@H]2C[C@@H]1C(Sc1ccccc1)=C2Sc1ccccc1. The first-order chi connectivity index (χ1) is 10.4. The molecule has 2 aromatic carbocycles. The highest BCUT2D eigenvalue weighted by Crippen LogP contribution is 2.55. The van der Waals surface area contributed by atoms with E-state index in [1.807, 2.05) is 23.5 Å². The second kappa shape index (κ2) is 5.78. The summed E-state index contributed by atoms with van der Waals surface area (Å²) in [6, 6.07) is 21.5. The first-order valence-corrected chi connectivity index (χ1v) is 8.91. The number of hydrogen-bond donors (Lipinski definition) is 0. The van der Waals surface area contributed by atoms with Crippen LogP contribution in [0.25, 0.3) is 0 Å². The summed E-state index contributed by atoms with van der Waals surface area (Å²) in [5, 5.41) is 0. The van der Waals surface area contributed by atoms with E-state index in [1.54, 1.807) is 9.81 Å². The molecule has 104 valence electrons. The molecular weight excluding hydrogens is 292 g/mol. The van der Waals surface area contributed by atoms with Gasteiger partial charge in [-0.3, -0.25) is 0 Å². The van der Waals surface area contributed by atoms with Crippen molar-refractivity contribution in [2.75, 3.05) is 0 Å². The molecule has 0 saturated carbocycles. The van der Waals surface area contributed by atoms with Crippen molar-refractivity contribution in [3.05, 3.63) is 82.6 Å². The van der Waals surface area contributed by atoms with E-state index in [-0.39, 0.29) is 0 Å². The van der Waals surface area contributed by atoms with Crippen molar-refractivity contribution in [1.29, 1.82) is 0 Å². The predicted octanol–water partition coefficient (Wildman–Crippen LogP) is 5.99. The molecule has 0 amide bonds. The average molecular weight is 308 g/mol. The van der Waals surface area contributed by atoms with Crippen LogP contribution in [-0.4, -0.2) is 0 Å². The van der Waals surface area contributed by atoms with E-state index < -0.39 is 0 Å². The summed E-state index contributed by atoms with van der Waals surface area (Å²) in [6.45, 7) is 0. The van der Waals surface area contributed by atoms with Gasteiger partial charge in [0.1, 0.15) is 0 Å². The van der Waals surface area contributed by atoms with Crippen molar-refractivity contribution >= 4 is 23.5 Å². The quantitative estimate of drug-likeness (QED) is 0.636. The lowest BCUT2D eigenvalue weighted by Crippen LogP contribution is -1.93. The fourth-order valence-electron chi connectivity index (χ4n) is 2.94. The number of benzene rings is 2. The van der Waals surface area contributed by atoms with E-state index >= 15 is 0 Å². The normalized spacial score (nSPS) is 23.0. The van der Waals surface area contributed by atoms with Crippen molar-refractivity contribution in [1.82, 2.24) is 0 Å². The van der Waals surface area contributed by atoms with Crippen molar-refractivity contribution < 1.29 is 0 Å². The van der Waals surface area contributed by atoms with Crippen molar-refractivity contribution in [2.24, 2.45) is 11.8 Å². The predicted molar refractivity (Wildman–Crippen MR) is 92.4 cm³/mol. The maximum Gasteiger partial charge on any atom is 0.0119 e. The molecular formula is C19H16S2. The maximum absolute atomic E-state index is 2.39. The van der Waals surface area contributed by atoms with E-state index in [9.17, 15) is 0 Å². The summed E-state index contributed by atoms with van der Waals surface area (Å²) in [6.07, 6.45) is 6.06. The lowest BCUT2D eigenvalue weighted by molar-refractivity contribution is 0.724. The molecule has 0 aliphatic heterocycles. The Morgan fingerprint density at radius 2 is 1.05 bits per heavy atom. The summed E-state index contributed by atoms with van der Waals surface area (Å²) in [5.74, 6) is 1.26. The summed E-state index contributed by atoms with van der Waals surface area (Å²) in [5.41, 5.74) is 0. The Morgan fingerprint density at radius 3 is 1.48 bits per heavy atom. The summed E-state index contributed by atoms with van der Waals surface area (Å²) >= 11 is 3.90. The Morgan fingerprint density at radius 1 is 0.619 bits per heavy atom. The van der Waals surface area contributed by atoms with Crippen LogP contribution in [0, 0.1) is 11.8 Å². The van der Waals surface area contributed by atoms with Gasteiger partial charge < -0.3 is 0 Å². The largest absolute Gasteiger partial charge is 0.0931 e. The molecule has 4 rings (SSSR count).